The average Bonchev–Trinajstić information content (AvgIpc) is 3.06. The monoisotopic (exact) mass is 453 g/mol. The van der Waals surface area contributed by atoms with Crippen molar-refractivity contribution in [2.75, 3.05) is 38.2 Å². The summed E-state index contributed by atoms with van der Waals surface area (Å²) in [4.78, 5) is 4.67. The Morgan fingerprint density at radius 1 is 1.35 bits per heavy atom. The van der Waals surface area contributed by atoms with Crippen LogP contribution in [0.15, 0.2) is 27.8 Å². The van der Waals surface area contributed by atoms with Gasteiger partial charge in [0.1, 0.15) is 5.76 Å². The largest absolute Gasteiger partial charge is 0.469 e. The first kappa shape index (κ1) is 20.6. The van der Waals surface area contributed by atoms with E-state index in [1.807, 2.05) is 23.9 Å². The molecule has 1 aliphatic heterocycles. The summed E-state index contributed by atoms with van der Waals surface area (Å²) in [6.07, 6.45) is 8.50. The summed E-state index contributed by atoms with van der Waals surface area (Å²) in [5.74, 6) is 2.93. The van der Waals surface area contributed by atoms with Crippen LogP contribution in [0.4, 0.5) is 0 Å². The number of rotatable bonds is 8. The van der Waals surface area contributed by atoms with Crippen LogP contribution >= 0.6 is 35.7 Å². The van der Waals surface area contributed by atoms with Gasteiger partial charge in [0, 0.05) is 31.9 Å². The van der Waals surface area contributed by atoms with E-state index in [-0.39, 0.29) is 30.1 Å². The Morgan fingerprint density at radius 3 is 2.91 bits per heavy atom. The number of hydrogen-bond acceptors (Lipinski definition) is 4. The first-order valence-corrected chi connectivity index (χ1v) is 9.43. The lowest BCUT2D eigenvalue weighted by atomic mass is 10.1. The van der Waals surface area contributed by atoms with Gasteiger partial charge in [0.15, 0.2) is 5.96 Å². The fourth-order valence-electron chi connectivity index (χ4n) is 2.35. The van der Waals surface area contributed by atoms with Gasteiger partial charge >= 0.3 is 0 Å². The Morgan fingerprint density at radius 2 is 2.22 bits per heavy atom. The lowest BCUT2D eigenvalue weighted by Crippen LogP contribution is -2.40. The van der Waals surface area contributed by atoms with E-state index in [4.69, 9.17) is 9.15 Å². The molecule has 1 aromatic rings. The van der Waals surface area contributed by atoms with E-state index in [1.165, 1.54) is 12.8 Å². The molecule has 2 N–H and O–H groups in total. The van der Waals surface area contributed by atoms with Gasteiger partial charge < -0.3 is 19.8 Å². The van der Waals surface area contributed by atoms with Crippen molar-refractivity contribution >= 4 is 41.7 Å². The zero-order valence-corrected chi connectivity index (χ0v) is 16.9. The standard InChI is InChI=1S/C16H27N3O2S.HI/c1-22-12-9-18-16(17-8-7-14-6-4-11-20-14)19-13-15-5-2-3-10-21-15;/h4,6,11,15H,2-3,5,7-10,12-13H2,1H3,(H2,17,18,19);1H. The molecule has 2 rings (SSSR count). The maximum atomic E-state index is 5.74. The normalized spacial score (nSPS) is 18.3. The number of hydrogen-bond donors (Lipinski definition) is 2. The SMILES string of the molecule is CSCCNC(=NCC1CCCCO1)NCCc1ccco1.I. The fourth-order valence-corrected chi connectivity index (χ4v) is 2.66. The minimum Gasteiger partial charge on any atom is -0.469 e. The second-order valence-corrected chi connectivity index (χ2v) is 6.34. The summed E-state index contributed by atoms with van der Waals surface area (Å²) < 4.78 is 11.1. The number of thioether (sulfide) groups is 1. The lowest BCUT2D eigenvalue weighted by molar-refractivity contribution is 0.0224. The molecule has 0 radical (unpaired) electrons. The Hall–Kier alpha value is -0.410. The van der Waals surface area contributed by atoms with Crippen LogP contribution in [0.5, 0.6) is 0 Å². The Bertz CT molecular complexity index is 423. The van der Waals surface area contributed by atoms with Crippen molar-refractivity contribution in [1.29, 1.82) is 0 Å². The summed E-state index contributed by atoms with van der Waals surface area (Å²) >= 11 is 1.83. The predicted octanol–water partition coefficient (Wildman–Crippen LogP) is 2.91. The van der Waals surface area contributed by atoms with Gasteiger partial charge in [-0.2, -0.15) is 11.8 Å². The molecule has 0 bridgehead atoms. The molecule has 1 atom stereocenters. The van der Waals surface area contributed by atoms with Gasteiger partial charge in [0.2, 0.25) is 0 Å². The molecule has 132 valence electrons. The molecule has 23 heavy (non-hydrogen) atoms. The van der Waals surface area contributed by atoms with Crippen molar-refractivity contribution in [2.45, 2.75) is 31.8 Å². The van der Waals surface area contributed by atoms with Crippen LogP contribution < -0.4 is 10.6 Å². The van der Waals surface area contributed by atoms with Crippen LogP contribution in [0.25, 0.3) is 0 Å². The Kier molecular flexibility index (Phi) is 11.6. The van der Waals surface area contributed by atoms with Gasteiger partial charge in [0.25, 0.3) is 0 Å². The van der Waals surface area contributed by atoms with Crippen molar-refractivity contribution in [3.8, 4) is 0 Å². The topological polar surface area (TPSA) is 58.8 Å². The molecule has 0 saturated carbocycles. The molecule has 5 nitrogen and oxygen atoms in total. The van der Waals surface area contributed by atoms with E-state index in [9.17, 15) is 0 Å². The van der Waals surface area contributed by atoms with E-state index in [2.05, 4.69) is 21.9 Å². The van der Waals surface area contributed by atoms with Crippen LogP contribution in [-0.2, 0) is 11.2 Å². The van der Waals surface area contributed by atoms with E-state index < -0.39 is 0 Å². The summed E-state index contributed by atoms with van der Waals surface area (Å²) in [5.41, 5.74) is 0. The zero-order valence-electron chi connectivity index (χ0n) is 13.8. The second-order valence-electron chi connectivity index (χ2n) is 5.35. The molecule has 2 heterocycles. The smallest absolute Gasteiger partial charge is 0.191 e. The molecule has 1 unspecified atom stereocenters. The predicted molar refractivity (Wildman–Crippen MR) is 108 cm³/mol. The number of nitrogens with one attached hydrogen (secondary N) is 2. The number of ether oxygens (including phenoxy) is 1. The van der Waals surface area contributed by atoms with Crippen molar-refractivity contribution in [3.63, 3.8) is 0 Å². The first-order valence-electron chi connectivity index (χ1n) is 8.03. The first-order chi connectivity index (χ1) is 10.9. The molecule has 1 saturated heterocycles. The molecule has 1 aliphatic rings. The molecule has 0 aliphatic carbocycles. The van der Waals surface area contributed by atoms with E-state index in [1.54, 1.807) is 6.26 Å². The fraction of sp³-hybridized carbons (Fsp3) is 0.688. The maximum absolute atomic E-state index is 5.74. The third-order valence-corrected chi connectivity index (χ3v) is 4.18. The maximum Gasteiger partial charge on any atom is 0.191 e. The zero-order chi connectivity index (χ0) is 15.5. The average molecular weight is 453 g/mol. The quantitative estimate of drug-likeness (QED) is 0.275. The summed E-state index contributed by atoms with van der Waals surface area (Å²) in [5, 5.41) is 6.74. The van der Waals surface area contributed by atoms with Crippen molar-refractivity contribution in [2.24, 2.45) is 4.99 Å². The number of guanidine groups is 1. The Balaban J connectivity index is 0.00000264. The van der Waals surface area contributed by atoms with Crippen molar-refractivity contribution < 1.29 is 9.15 Å². The highest BCUT2D eigenvalue weighted by atomic mass is 127. The molecule has 0 spiro atoms. The Labute approximate surface area is 160 Å². The van der Waals surface area contributed by atoms with Crippen LogP contribution in [0.2, 0.25) is 0 Å². The minimum atomic E-state index is 0. The van der Waals surface area contributed by atoms with Crippen molar-refractivity contribution in [3.05, 3.63) is 24.2 Å². The second kappa shape index (κ2) is 12.9. The van der Waals surface area contributed by atoms with Crippen LogP contribution in [0.3, 0.4) is 0 Å². The molecule has 1 fully saturated rings. The highest BCUT2D eigenvalue weighted by molar-refractivity contribution is 14.0. The van der Waals surface area contributed by atoms with Gasteiger partial charge in [0.05, 0.1) is 18.9 Å². The molecular formula is C16H28IN3O2S. The summed E-state index contributed by atoms with van der Waals surface area (Å²) in [6, 6.07) is 3.91. The molecule has 0 aromatic carbocycles. The number of furan rings is 1. The summed E-state index contributed by atoms with van der Waals surface area (Å²) in [6.45, 7) is 3.33. The van der Waals surface area contributed by atoms with Gasteiger partial charge in [-0.25, -0.2) is 0 Å². The third-order valence-electron chi connectivity index (χ3n) is 3.57. The van der Waals surface area contributed by atoms with Gasteiger partial charge in [-0.3, -0.25) is 4.99 Å². The number of nitrogens with zero attached hydrogens (tertiary/aromatic N) is 1. The minimum absolute atomic E-state index is 0. The highest BCUT2D eigenvalue weighted by Gasteiger charge is 2.13. The number of aliphatic imine (C=N–C) groups is 1. The highest BCUT2D eigenvalue weighted by Crippen LogP contribution is 2.12. The van der Waals surface area contributed by atoms with E-state index >= 15 is 0 Å². The lowest BCUT2D eigenvalue weighted by Gasteiger charge is -2.21. The van der Waals surface area contributed by atoms with Gasteiger partial charge in [-0.1, -0.05) is 0 Å². The van der Waals surface area contributed by atoms with Crippen LogP contribution in [0.1, 0.15) is 25.0 Å². The van der Waals surface area contributed by atoms with Gasteiger partial charge in [-0.15, -0.1) is 24.0 Å². The van der Waals surface area contributed by atoms with Crippen LogP contribution in [0, 0.1) is 0 Å². The van der Waals surface area contributed by atoms with Crippen molar-refractivity contribution in [1.82, 2.24) is 10.6 Å². The molecule has 7 heteroatoms. The third kappa shape index (κ3) is 8.85. The van der Waals surface area contributed by atoms with Crippen LogP contribution in [-0.4, -0.2) is 50.3 Å². The van der Waals surface area contributed by atoms with E-state index in [0.29, 0.717) is 0 Å². The summed E-state index contributed by atoms with van der Waals surface area (Å²) in [7, 11) is 0. The molecule has 1 aromatic heterocycles. The molecular weight excluding hydrogens is 425 g/mol. The van der Waals surface area contributed by atoms with Gasteiger partial charge in [-0.05, 0) is 37.7 Å². The molecule has 0 amide bonds. The van der Waals surface area contributed by atoms with E-state index in [0.717, 1.165) is 56.6 Å². The number of halogens is 1.